The Kier molecular flexibility index (Phi) is 6.69. The first-order chi connectivity index (χ1) is 24.8. The quantitative estimate of drug-likeness (QED) is 0.187. The molecule has 1 aliphatic heterocycles. The predicted molar refractivity (Wildman–Crippen MR) is 201 cm³/mol. The molecule has 238 valence electrons. The normalized spacial score (nSPS) is 19.0. The van der Waals surface area contributed by atoms with Crippen molar-refractivity contribution in [3.8, 4) is 45.6 Å². The number of rotatable bonds is 5. The van der Waals surface area contributed by atoms with Crippen molar-refractivity contribution in [1.29, 1.82) is 0 Å². The van der Waals surface area contributed by atoms with Crippen molar-refractivity contribution < 1.29 is 4.74 Å². The van der Waals surface area contributed by atoms with Crippen LogP contribution in [0.2, 0.25) is 0 Å². The van der Waals surface area contributed by atoms with Crippen molar-refractivity contribution in [1.82, 2.24) is 19.5 Å². The van der Waals surface area contributed by atoms with Gasteiger partial charge in [-0.05, 0) is 47.4 Å². The van der Waals surface area contributed by atoms with Crippen LogP contribution < -0.4 is 4.74 Å². The molecular formula is C45H32N4O. The highest BCUT2D eigenvalue weighted by Crippen LogP contribution is 2.45. The van der Waals surface area contributed by atoms with Crippen molar-refractivity contribution in [2.75, 3.05) is 0 Å². The van der Waals surface area contributed by atoms with Crippen molar-refractivity contribution >= 4 is 21.8 Å². The summed E-state index contributed by atoms with van der Waals surface area (Å²) in [6.07, 6.45) is 16.7. The van der Waals surface area contributed by atoms with E-state index in [1.165, 1.54) is 27.6 Å². The number of nitrogens with zero attached hydrogens (tertiary/aromatic N) is 4. The van der Waals surface area contributed by atoms with Crippen LogP contribution in [0.25, 0.3) is 61.7 Å². The van der Waals surface area contributed by atoms with Crippen molar-refractivity contribution in [3.63, 3.8) is 0 Å². The molecule has 0 bridgehead atoms. The molecule has 5 heteroatoms. The molecule has 0 radical (unpaired) electrons. The fraction of sp³-hybridized carbons (Fsp3) is 0.0889. The number of allylic oxidation sites excluding steroid dienone is 6. The van der Waals surface area contributed by atoms with Gasteiger partial charge in [0.1, 0.15) is 11.9 Å². The van der Waals surface area contributed by atoms with Gasteiger partial charge in [0.05, 0.1) is 11.0 Å². The van der Waals surface area contributed by atoms with E-state index in [-0.39, 0.29) is 12.0 Å². The van der Waals surface area contributed by atoms with Crippen LogP contribution in [0.5, 0.6) is 5.75 Å². The van der Waals surface area contributed by atoms with Crippen LogP contribution in [0.4, 0.5) is 0 Å². The van der Waals surface area contributed by atoms with E-state index in [2.05, 4.69) is 138 Å². The predicted octanol–water partition coefficient (Wildman–Crippen LogP) is 10.4. The molecule has 5 aromatic carbocycles. The smallest absolute Gasteiger partial charge is 0.238 e. The number of hydrogen-bond donors (Lipinski definition) is 0. The van der Waals surface area contributed by atoms with Gasteiger partial charge in [-0.3, -0.25) is 4.57 Å². The monoisotopic (exact) mass is 644 g/mol. The number of ether oxygens (including phenoxy) is 1. The van der Waals surface area contributed by atoms with Crippen molar-refractivity contribution in [3.05, 3.63) is 175 Å². The highest BCUT2D eigenvalue weighted by molar-refractivity contribution is 6.15. The third kappa shape index (κ3) is 4.73. The molecule has 3 unspecified atom stereocenters. The van der Waals surface area contributed by atoms with Gasteiger partial charge in [-0.1, -0.05) is 140 Å². The second-order valence-electron chi connectivity index (χ2n) is 13.1. The largest absolute Gasteiger partial charge is 0.485 e. The SMILES string of the molecule is C1=CCC(C2=CC3Oc4cc(-c5nc(-c6ccccc6)nc(-n6c7ccccc7c7c(-c8ccccc8)cccc76)n5)ccc4C3C=C2)C=C1. The number of benzene rings is 5. The summed E-state index contributed by atoms with van der Waals surface area (Å²) < 4.78 is 8.82. The van der Waals surface area contributed by atoms with E-state index in [1.54, 1.807) is 0 Å². The van der Waals surface area contributed by atoms with Crippen LogP contribution >= 0.6 is 0 Å². The summed E-state index contributed by atoms with van der Waals surface area (Å²) in [6, 6.07) is 42.1. The number of hydrogen-bond acceptors (Lipinski definition) is 4. The zero-order valence-electron chi connectivity index (χ0n) is 27.2. The standard InChI is InChI=1S/C45H32N4O/c1-4-13-29(14-5-1)32-23-25-35-36-26-24-33(28-41(36)50-40(35)27-32)44-46-43(31-17-8-3-9-18-31)47-45(48-44)49-38-21-11-10-19-37(38)42-34(20-12-22-39(42)49)30-15-6-2-7-16-30/h1-13,15-29,35,40H,14H2. The molecule has 0 N–H and O–H groups in total. The Morgan fingerprint density at radius 2 is 1.40 bits per heavy atom. The number of fused-ring (bicyclic) bond motifs is 6. The molecule has 0 fully saturated rings. The minimum atomic E-state index is -0.0234. The third-order valence-corrected chi connectivity index (χ3v) is 10.1. The van der Waals surface area contributed by atoms with Crippen molar-refractivity contribution in [2.45, 2.75) is 18.4 Å². The van der Waals surface area contributed by atoms with Crippen LogP contribution in [0.3, 0.4) is 0 Å². The maximum atomic E-state index is 6.64. The van der Waals surface area contributed by atoms with Gasteiger partial charge in [0.25, 0.3) is 0 Å². The van der Waals surface area contributed by atoms with Gasteiger partial charge in [-0.2, -0.15) is 9.97 Å². The molecule has 2 aliphatic carbocycles. The minimum Gasteiger partial charge on any atom is -0.485 e. The lowest BCUT2D eigenvalue weighted by molar-refractivity contribution is 0.267. The minimum absolute atomic E-state index is 0.0234. The molecular weight excluding hydrogens is 613 g/mol. The van der Waals surface area contributed by atoms with Crippen LogP contribution in [0, 0.1) is 5.92 Å². The summed E-state index contributed by atoms with van der Waals surface area (Å²) in [7, 11) is 0. The molecule has 2 aromatic heterocycles. The molecule has 0 saturated heterocycles. The van der Waals surface area contributed by atoms with E-state index >= 15 is 0 Å². The van der Waals surface area contributed by atoms with Crippen LogP contribution in [-0.4, -0.2) is 25.6 Å². The zero-order valence-corrected chi connectivity index (χ0v) is 27.2. The Morgan fingerprint density at radius 3 is 2.22 bits per heavy atom. The number of para-hydroxylation sites is 1. The molecule has 3 atom stereocenters. The van der Waals surface area contributed by atoms with E-state index in [1.807, 2.05) is 30.3 Å². The van der Waals surface area contributed by atoms with Crippen LogP contribution in [0.1, 0.15) is 17.9 Å². The summed E-state index contributed by atoms with van der Waals surface area (Å²) >= 11 is 0. The Bertz CT molecular complexity index is 2560. The second-order valence-corrected chi connectivity index (χ2v) is 13.1. The average molecular weight is 645 g/mol. The van der Waals surface area contributed by atoms with E-state index in [9.17, 15) is 0 Å². The lowest BCUT2D eigenvalue weighted by Crippen LogP contribution is -2.19. The lowest BCUT2D eigenvalue weighted by atomic mass is 9.83. The van der Waals surface area contributed by atoms with Gasteiger partial charge < -0.3 is 4.74 Å². The van der Waals surface area contributed by atoms with Gasteiger partial charge in [-0.25, -0.2) is 4.98 Å². The second kappa shape index (κ2) is 11.7. The van der Waals surface area contributed by atoms with Gasteiger partial charge in [-0.15, -0.1) is 0 Å². The Balaban J connectivity index is 1.12. The Morgan fingerprint density at radius 1 is 0.640 bits per heavy atom. The Labute approximate surface area is 290 Å². The zero-order chi connectivity index (χ0) is 33.0. The molecule has 0 saturated carbocycles. The first-order valence-corrected chi connectivity index (χ1v) is 17.2. The van der Waals surface area contributed by atoms with Crippen LogP contribution in [-0.2, 0) is 0 Å². The average Bonchev–Trinajstić information content (AvgIpc) is 3.74. The first-order valence-electron chi connectivity index (χ1n) is 17.2. The van der Waals surface area contributed by atoms with E-state index < -0.39 is 0 Å². The summed E-state index contributed by atoms with van der Waals surface area (Å²) in [5.41, 5.74) is 8.76. The van der Waals surface area contributed by atoms with Crippen molar-refractivity contribution in [2.24, 2.45) is 5.92 Å². The van der Waals surface area contributed by atoms with Gasteiger partial charge in [0.2, 0.25) is 5.95 Å². The molecule has 0 spiro atoms. The van der Waals surface area contributed by atoms with E-state index in [0.29, 0.717) is 23.5 Å². The van der Waals surface area contributed by atoms with E-state index in [0.717, 1.165) is 39.7 Å². The molecule has 5 nitrogen and oxygen atoms in total. The fourth-order valence-electron chi connectivity index (χ4n) is 7.74. The molecule has 3 heterocycles. The highest BCUT2D eigenvalue weighted by atomic mass is 16.5. The molecule has 50 heavy (non-hydrogen) atoms. The molecule has 0 amide bonds. The number of aromatic nitrogens is 4. The maximum absolute atomic E-state index is 6.64. The molecule has 3 aliphatic rings. The summed E-state index contributed by atoms with van der Waals surface area (Å²) in [6.45, 7) is 0. The molecule has 10 rings (SSSR count). The van der Waals surface area contributed by atoms with E-state index in [4.69, 9.17) is 19.7 Å². The van der Waals surface area contributed by atoms with Crippen LogP contribution in [0.15, 0.2) is 169 Å². The van der Waals surface area contributed by atoms with Gasteiger partial charge in [0, 0.05) is 39.3 Å². The first kappa shape index (κ1) is 28.7. The summed E-state index contributed by atoms with van der Waals surface area (Å²) in [5, 5.41) is 2.32. The van der Waals surface area contributed by atoms with Gasteiger partial charge >= 0.3 is 0 Å². The third-order valence-electron chi connectivity index (χ3n) is 10.1. The highest BCUT2D eigenvalue weighted by Gasteiger charge is 2.34. The summed E-state index contributed by atoms with van der Waals surface area (Å²) in [5.74, 6) is 3.26. The fourth-order valence-corrected chi connectivity index (χ4v) is 7.74. The topological polar surface area (TPSA) is 52.8 Å². The summed E-state index contributed by atoms with van der Waals surface area (Å²) in [4.78, 5) is 15.4. The lowest BCUT2D eigenvalue weighted by Gasteiger charge is -2.22. The van der Waals surface area contributed by atoms with Gasteiger partial charge in [0.15, 0.2) is 11.6 Å². The maximum Gasteiger partial charge on any atom is 0.238 e. The Hall–Kier alpha value is -6.33. The molecule has 7 aromatic rings.